The minimum Gasteiger partial charge on any atom is -0.463 e. The molecule has 5 nitrogen and oxygen atoms in total. The van der Waals surface area contributed by atoms with Crippen LogP contribution in [0.4, 0.5) is 0 Å². The van der Waals surface area contributed by atoms with Crippen LogP contribution in [0.2, 0.25) is 0 Å². The fraction of sp³-hybridized carbons (Fsp3) is 0.500. The molecule has 1 heterocycles. The molecule has 0 bridgehead atoms. The Morgan fingerprint density at radius 3 is 2.38 bits per heavy atom. The molecule has 1 aromatic heterocycles. The van der Waals surface area contributed by atoms with Gasteiger partial charge in [-0.2, -0.15) is 0 Å². The molecule has 0 atom stereocenters. The van der Waals surface area contributed by atoms with Crippen molar-refractivity contribution in [2.24, 2.45) is 0 Å². The Morgan fingerprint density at radius 2 is 1.90 bits per heavy atom. The fourth-order valence-corrected chi connectivity index (χ4v) is 4.03. The second-order valence-corrected chi connectivity index (χ2v) is 7.04. The predicted molar refractivity (Wildman–Crippen MR) is 84.7 cm³/mol. The normalized spacial score (nSPS) is 12.4. The summed E-state index contributed by atoms with van der Waals surface area (Å²) >= 11 is 1.48. The number of carbonyl (C=O) groups is 1. The molecule has 0 spiro atoms. The van der Waals surface area contributed by atoms with Gasteiger partial charge in [-0.3, -0.25) is 4.57 Å². The van der Waals surface area contributed by atoms with Crippen molar-refractivity contribution in [3.63, 3.8) is 0 Å². The van der Waals surface area contributed by atoms with Crippen molar-refractivity contribution in [3.05, 3.63) is 28.0 Å². The number of esters is 1. The van der Waals surface area contributed by atoms with E-state index in [4.69, 9.17) is 13.8 Å². The highest BCUT2D eigenvalue weighted by Gasteiger charge is 2.28. The zero-order valence-corrected chi connectivity index (χ0v) is 14.2. The van der Waals surface area contributed by atoms with Crippen molar-refractivity contribution in [1.82, 2.24) is 0 Å². The molecule has 0 unspecified atom stereocenters. The smallest absolute Gasteiger partial charge is 0.335 e. The molecule has 0 saturated carbocycles. The first-order chi connectivity index (χ1) is 10.0. The first-order valence-electron chi connectivity index (χ1n) is 6.84. The molecule has 0 fully saturated rings. The van der Waals surface area contributed by atoms with Gasteiger partial charge in [-0.05, 0) is 38.3 Å². The number of hydrogen-bond acceptors (Lipinski definition) is 6. The third kappa shape index (κ3) is 6.14. The Hall–Kier alpha value is -0.940. The summed E-state index contributed by atoms with van der Waals surface area (Å²) in [6, 6.07) is 3.75. The molecule has 21 heavy (non-hydrogen) atoms. The minimum atomic E-state index is -3.34. The third-order valence-corrected chi connectivity index (χ3v) is 5.26. The molecular weight excluding hydrogens is 311 g/mol. The summed E-state index contributed by atoms with van der Waals surface area (Å²) < 4.78 is 28.1. The fourth-order valence-electron chi connectivity index (χ4n) is 1.67. The van der Waals surface area contributed by atoms with Crippen molar-refractivity contribution in [2.75, 3.05) is 26.0 Å². The highest BCUT2D eigenvalue weighted by Crippen LogP contribution is 2.49. The van der Waals surface area contributed by atoms with Gasteiger partial charge in [0.05, 0.1) is 31.6 Å². The van der Waals surface area contributed by atoms with E-state index < -0.39 is 13.6 Å². The van der Waals surface area contributed by atoms with Gasteiger partial charge in [0.1, 0.15) is 0 Å². The van der Waals surface area contributed by atoms with Crippen LogP contribution in [-0.4, -0.2) is 32.0 Å². The molecule has 0 saturated heterocycles. The maximum Gasteiger partial charge on any atom is 0.335 e. The lowest BCUT2D eigenvalue weighted by Gasteiger charge is -2.18. The molecule has 0 N–H and O–H groups in total. The van der Waals surface area contributed by atoms with Crippen LogP contribution < -0.4 is 0 Å². The predicted octanol–water partition coefficient (Wildman–Crippen LogP) is 3.96. The number of rotatable bonds is 9. The van der Waals surface area contributed by atoms with E-state index in [0.717, 1.165) is 4.88 Å². The van der Waals surface area contributed by atoms with Crippen molar-refractivity contribution in [1.29, 1.82) is 0 Å². The lowest BCUT2D eigenvalue weighted by atomic mass is 10.2. The quantitative estimate of drug-likeness (QED) is 0.389. The molecule has 0 aliphatic rings. The Balaban J connectivity index is 3.01. The average Bonchev–Trinajstić information content (AvgIpc) is 2.91. The van der Waals surface area contributed by atoms with Crippen molar-refractivity contribution < 1.29 is 23.1 Å². The van der Waals surface area contributed by atoms with E-state index >= 15 is 0 Å². The van der Waals surface area contributed by atoms with Crippen LogP contribution in [0, 0.1) is 0 Å². The van der Waals surface area contributed by atoms with E-state index in [-0.39, 0.29) is 26.0 Å². The number of carbonyl (C=O) groups excluding carboxylic acids is 1. The Bertz CT molecular complexity index is 499. The van der Waals surface area contributed by atoms with Crippen molar-refractivity contribution in [3.8, 4) is 0 Å². The Labute approximate surface area is 129 Å². The van der Waals surface area contributed by atoms with Gasteiger partial charge in [0.25, 0.3) is 0 Å². The van der Waals surface area contributed by atoms with E-state index in [1.165, 1.54) is 11.3 Å². The summed E-state index contributed by atoms with van der Waals surface area (Å²) in [6.45, 7) is 5.97. The summed E-state index contributed by atoms with van der Waals surface area (Å²) in [5.74, 6) is -0.495. The second-order valence-electron chi connectivity index (χ2n) is 4.01. The number of ether oxygens (including phenoxy) is 1. The van der Waals surface area contributed by atoms with Crippen LogP contribution in [-0.2, 0) is 23.1 Å². The lowest BCUT2D eigenvalue weighted by Crippen LogP contribution is -2.13. The van der Waals surface area contributed by atoms with Crippen LogP contribution in [0.25, 0.3) is 6.08 Å². The molecular formula is C14H21O5PS. The van der Waals surface area contributed by atoms with E-state index in [1.54, 1.807) is 26.8 Å². The lowest BCUT2D eigenvalue weighted by molar-refractivity contribution is -0.138. The third-order valence-electron chi connectivity index (χ3n) is 2.41. The van der Waals surface area contributed by atoms with Gasteiger partial charge in [0.2, 0.25) is 0 Å². The summed E-state index contributed by atoms with van der Waals surface area (Å²) in [7, 11) is -3.34. The van der Waals surface area contributed by atoms with E-state index in [9.17, 15) is 9.36 Å². The van der Waals surface area contributed by atoms with Crippen LogP contribution in [0.5, 0.6) is 0 Å². The highest BCUT2D eigenvalue weighted by atomic mass is 32.1. The van der Waals surface area contributed by atoms with Crippen molar-refractivity contribution >= 4 is 31.0 Å². The van der Waals surface area contributed by atoms with Gasteiger partial charge < -0.3 is 13.8 Å². The van der Waals surface area contributed by atoms with Gasteiger partial charge in [0, 0.05) is 4.88 Å². The monoisotopic (exact) mass is 332 g/mol. The average molecular weight is 332 g/mol. The topological polar surface area (TPSA) is 61.8 Å². The maximum absolute atomic E-state index is 12.6. The zero-order valence-electron chi connectivity index (χ0n) is 12.5. The van der Waals surface area contributed by atoms with Gasteiger partial charge in [-0.1, -0.05) is 6.07 Å². The summed E-state index contributed by atoms with van der Waals surface area (Å²) in [6.07, 6.45) is 1.58. The number of hydrogen-bond donors (Lipinski definition) is 0. The van der Waals surface area contributed by atoms with Gasteiger partial charge >= 0.3 is 13.6 Å². The molecule has 0 radical (unpaired) electrons. The van der Waals surface area contributed by atoms with Crippen LogP contribution in [0.1, 0.15) is 25.6 Å². The summed E-state index contributed by atoms with van der Waals surface area (Å²) in [5.41, 5.74) is 0.296. The molecule has 0 aliphatic carbocycles. The van der Waals surface area contributed by atoms with E-state index in [1.807, 2.05) is 17.5 Å². The Morgan fingerprint density at radius 1 is 1.24 bits per heavy atom. The molecule has 0 aliphatic heterocycles. The SMILES string of the molecule is CCOC(=O)/C(=C/c1cccs1)CP(=O)(OCC)OCC. The first kappa shape index (κ1) is 18.1. The van der Waals surface area contributed by atoms with Gasteiger partial charge in [0.15, 0.2) is 0 Å². The van der Waals surface area contributed by atoms with Crippen molar-refractivity contribution in [2.45, 2.75) is 20.8 Å². The van der Waals surface area contributed by atoms with Gasteiger partial charge in [-0.25, -0.2) is 4.79 Å². The minimum absolute atomic E-state index is 0.0919. The second kappa shape index (κ2) is 9.15. The van der Waals surface area contributed by atoms with E-state index in [0.29, 0.717) is 5.57 Å². The largest absolute Gasteiger partial charge is 0.463 e. The molecule has 7 heteroatoms. The number of thiophene rings is 1. The van der Waals surface area contributed by atoms with Gasteiger partial charge in [-0.15, -0.1) is 11.3 Å². The first-order valence-corrected chi connectivity index (χ1v) is 9.44. The van der Waals surface area contributed by atoms with Crippen LogP contribution in [0.3, 0.4) is 0 Å². The van der Waals surface area contributed by atoms with Crippen LogP contribution >= 0.6 is 18.9 Å². The molecule has 0 amide bonds. The summed E-state index contributed by atoms with van der Waals surface area (Å²) in [5, 5.41) is 1.90. The molecule has 118 valence electrons. The highest BCUT2D eigenvalue weighted by molar-refractivity contribution is 7.54. The molecule has 1 rings (SSSR count). The standard InChI is InChI=1S/C14H21O5PS/c1-4-17-14(15)12(10-13-8-7-9-21-13)11-20(16,18-5-2)19-6-3/h7-10H,4-6,11H2,1-3H3/b12-10+. The summed E-state index contributed by atoms with van der Waals surface area (Å²) in [4.78, 5) is 12.9. The zero-order chi connectivity index (χ0) is 15.7. The molecule has 1 aromatic rings. The Kier molecular flexibility index (Phi) is 7.89. The molecule has 0 aromatic carbocycles. The van der Waals surface area contributed by atoms with E-state index in [2.05, 4.69) is 0 Å². The van der Waals surface area contributed by atoms with Crippen LogP contribution in [0.15, 0.2) is 23.1 Å². The maximum atomic E-state index is 12.6.